The largest absolute Gasteiger partial charge is 0.481 e. The molecule has 0 saturated carbocycles. The molecule has 0 aromatic carbocycles. The van der Waals surface area contributed by atoms with Crippen molar-refractivity contribution in [2.75, 3.05) is 12.4 Å². The fraction of sp³-hybridized carbons (Fsp3) is 0.875. The minimum Gasteiger partial charge on any atom is -0.481 e. The molecule has 0 aromatic heterocycles. The third-order valence-corrected chi connectivity index (χ3v) is 3.11. The van der Waals surface area contributed by atoms with Gasteiger partial charge in [0.2, 0.25) is 0 Å². The lowest BCUT2D eigenvalue weighted by Crippen LogP contribution is -2.18. The third-order valence-electron chi connectivity index (χ3n) is 2.01. The summed E-state index contributed by atoms with van der Waals surface area (Å²) in [7, 11) is 0. The summed E-state index contributed by atoms with van der Waals surface area (Å²) in [5.74, 6) is 0.0648. The van der Waals surface area contributed by atoms with Gasteiger partial charge in [0.15, 0.2) is 0 Å². The summed E-state index contributed by atoms with van der Waals surface area (Å²) in [4.78, 5) is 10.7. The highest BCUT2D eigenvalue weighted by atomic mass is 32.2. The van der Waals surface area contributed by atoms with Crippen LogP contribution in [0.15, 0.2) is 0 Å². The summed E-state index contributed by atoms with van der Waals surface area (Å²) in [6, 6.07) is 0. The van der Waals surface area contributed by atoms with Crippen LogP contribution in [0.5, 0.6) is 0 Å². The topological polar surface area (TPSA) is 46.5 Å². The van der Waals surface area contributed by atoms with Crippen LogP contribution in [0, 0.1) is 5.92 Å². The molecule has 4 heteroatoms. The number of hydrogen-bond donors (Lipinski definition) is 1. The van der Waals surface area contributed by atoms with Crippen LogP contribution in [-0.4, -0.2) is 28.9 Å². The lowest BCUT2D eigenvalue weighted by molar-refractivity contribution is -0.142. The van der Waals surface area contributed by atoms with Gasteiger partial charge >= 0.3 is 5.97 Å². The predicted molar refractivity (Wildman–Crippen MR) is 48.2 cm³/mol. The Hall–Kier alpha value is -0.220. The van der Waals surface area contributed by atoms with Crippen LogP contribution in [-0.2, 0) is 9.53 Å². The van der Waals surface area contributed by atoms with E-state index < -0.39 is 5.97 Å². The number of hydrogen-bond acceptors (Lipinski definition) is 3. The maximum Gasteiger partial charge on any atom is 0.306 e. The number of carboxylic acids is 1. The summed E-state index contributed by atoms with van der Waals surface area (Å²) in [5, 5.41) is 8.77. The van der Waals surface area contributed by atoms with Gasteiger partial charge in [-0.1, -0.05) is 6.92 Å². The van der Waals surface area contributed by atoms with Gasteiger partial charge in [-0.3, -0.25) is 4.79 Å². The van der Waals surface area contributed by atoms with Gasteiger partial charge in [-0.15, -0.1) is 11.8 Å². The van der Waals surface area contributed by atoms with Crippen LogP contribution in [0.3, 0.4) is 0 Å². The molecule has 1 N–H and O–H groups in total. The molecule has 1 saturated heterocycles. The van der Waals surface area contributed by atoms with Crippen molar-refractivity contribution in [1.82, 2.24) is 0 Å². The summed E-state index contributed by atoms with van der Waals surface area (Å²) in [6.07, 6.45) is 1.34. The predicted octanol–water partition coefficient (Wildman–Crippen LogP) is 1.58. The highest BCUT2D eigenvalue weighted by molar-refractivity contribution is 7.99. The standard InChI is InChI=1S/C8H14O3S/c1-2-6(8(9)10)5-7-11-3-4-12-7/h6-7H,2-5H2,1H3,(H,9,10). The highest BCUT2D eigenvalue weighted by Gasteiger charge is 2.24. The maximum atomic E-state index is 10.7. The van der Waals surface area contributed by atoms with Crippen LogP contribution < -0.4 is 0 Å². The Kier molecular flexibility index (Phi) is 3.88. The summed E-state index contributed by atoms with van der Waals surface area (Å²) in [5.41, 5.74) is 0.117. The van der Waals surface area contributed by atoms with Crippen molar-refractivity contribution >= 4 is 17.7 Å². The smallest absolute Gasteiger partial charge is 0.306 e. The first-order valence-corrected chi connectivity index (χ1v) is 5.25. The van der Waals surface area contributed by atoms with Crippen LogP contribution in [0.25, 0.3) is 0 Å². The van der Waals surface area contributed by atoms with Gasteiger partial charge in [0.25, 0.3) is 0 Å². The molecule has 2 atom stereocenters. The quantitative estimate of drug-likeness (QED) is 0.731. The van der Waals surface area contributed by atoms with Crippen molar-refractivity contribution in [3.05, 3.63) is 0 Å². The zero-order valence-electron chi connectivity index (χ0n) is 7.16. The molecule has 0 aromatic rings. The Morgan fingerprint density at radius 3 is 3.00 bits per heavy atom. The Morgan fingerprint density at radius 1 is 1.83 bits per heavy atom. The second-order valence-corrected chi connectivity index (χ2v) is 4.12. The Bertz CT molecular complexity index is 154. The summed E-state index contributed by atoms with van der Waals surface area (Å²) < 4.78 is 5.34. The fourth-order valence-corrected chi connectivity index (χ4v) is 2.23. The maximum absolute atomic E-state index is 10.7. The van der Waals surface area contributed by atoms with E-state index in [-0.39, 0.29) is 11.4 Å². The normalized spacial score (nSPS) is 25.6. The highest BCUT2D eigenvalue weighted by Crippen LogP contribution is 2.27. The second kappa shape index (κ2) is 4.72. The molecule has 0 aliphatic carbocycles. The van der Waals surface area contributed by atoms with Gasteiger partial charge < -0.3 is 9.84 Å². The lowest BCUT2D eigenvalue weighted by Gasteiger charge is -2.13. The van der Waals surface area contributed by atoms with Crippen molar-refractivity contribution in [3.63, 3.8) is 0 Å². The van der Waals surface area contributed by atoms with E-state index in [4.69, 9.17) is 9.84 Å². The second-order valence-electron chi connectivity index (χ2n) is 2.85. The van der Waals surface area contributed by atoms with Crippen LogP contribution in [0.2, 0.25) is 0 Å². The van der Waals surface area contributed by atoms with Crippen molar-refractivity contribution < 1.29 is 14.6 Å². The van der Waals surface area contributed by atoms with Crippen molar-refractivity contribution in [3.8, 4) is 0 Å². The number of rotatable bonds is 4. The minimum atomic E-state index is -0.700. The average Bonchev–Trinajstić information content (AvgIpc) is 2.51. The van der Waals surface area contributed by atoms with Crippen molar-refractivity contribution in [1.29, 1.82) is 0 Å². The molecule has 0 amide bonds. The number of aliphatic carboxylic acids is 1. The van der Waals surface area contributed by atoms with E-state index in [1.54, 1.807) is 11.8 Å². The molecule has 3 nitrogen and oxygen atoms in total. The molecule has 1 heterocycles. The van der Waals surface area contributed by atoms with Gasteiger partial charge in [0, 0.05) is 5.75 Å². The van der Waals surface area contributed by atoms with Crippen molar-refractivity contribution in [2.45, 2.75) is 25.2 Å². The van der Waals surface area contributed by atoms with Crippen molar-refractivity contribution in [2.24, 2.45) is 5.92 Å². The lowest BCUT2D eigenvalue weighted by atomic mass is 10.0. The third kappa shape index (κ3) is 2.68. The summed E-state index contributed by atoms with van der Waals surface area (Å²) >= 11 is 1.72. The molecule has 70 valence electrons. The summed E-state index contributed by atoms with van der Waals surface area (Å²) in [6.45, 7) is 2.67. The monoisotopic (exact) mass is 190 g/mol. The van der Waals surface area contributed by atoms with Crippen LogP contribution >= 0.6 is 11.8 Å². The minimum absolute atomic E-state index is 0.117. The van der Waals surface area contributed by atoms with E-state index in [1.165, 1.54) is 0 Å². The van der Waals surface area contributed by atoms with E-state index in [2.05, 4.69) is 0 Å². The molecular formula is C8H14O3S. The first-order chi connectivity index (χ1) is 5.74. The first kappa shape index (κ1) is 9.86. The van der Waals surface area contributed by atoms with Gasteiger partial charge in [0.05, 0.1) is 12.5 Å². The molecule has 1 fully saturated rings. The zero-order chi connectivity index (χ0) is 8.97. The molecule has 12 heavy (non-hydrogen) atoms. The van der Waals surface area contributed by atoms with Gasteiger partial charge in [0.1, 0.15) is 5.44 Å². The molecule has 0 bridgehead atoms. The number of carbonyl (C=O) groups is 1. The van der Waals surface area contributed by atoms with Crippen LogP contribution in [0.1, 0.15) is 19.8 Å². The Labute approximate surface area is 76.5 Å². The molecular weight excluding hydrogens is 176 g/mol. The van der Waals surface area contributed by atoms with Gasteiger partial charge in [-0.05, 0) is 12.8 Å². The fourth-order valence-electron chi connectivity index (χ4n) is 1.22. The zero-order valence-corrected chi connectivity index (χ0v) is 7.97. The molecule has 1 aliphatic rings. The van der Waals surface area contributed by atoms with Gasteiger partial charge in [-0.25, -0.2) is 0 Å². The molecule has 1 aliphatic heterocycles. The molecule has 2 unspecified atom stereocenters. The average molecular weight is 190 g/mol. The van der Waals surface area contributed by atoms with E-state index >= 15 is 0 Å². The van der Waals surface area contributed by atoms with Gasteiger partial charge in [-0.2, -0.15) is 0 Å². The molecule has 0 radical (unpaired) electrons. The molecule has 1 rings (SSSR count). The van der Waals surface area contributed by atoms with E-state index in [0.717, 1.165) is 12.4 Å². The van der Waals surface area contributed by atoms with E-state index in [0.29, 0.717) is 12.8 Å². The van der Waals surface area contributed by atoms with E-state index in [1.807, 2.05) is 6.92 Å². The molecule has 0 spiro atoms. The first-order valence-electron chi connectivity index (χ1n) is 4.20. The Balaban J connectivity index is 2.30. The number of ether oxygens (including phenoxy) is 1. The SMILES string of the molecule is CCC(CC1OCCS1)C(=O)O. The number of thioether (sulfide) groups is 1. The number of carboxylic acid groups (broad SMARTS) is 1. The van der Waals surface area contributed by atoms with E-state index in [9.17, 15) is 4.79 Å². The Morgan fingerprint density at radius 2 is 2.58 bits per heavy atom. The van der Waals surface area contributed by atoms with Crippen LogP contribution in [0.4, 0.5) is 0 Å².